The third-order valence-corrected chi connectivity index (χ3v) is 9.47. The fourth-order valence-corrected chi connectivity index (χ4v) is 7.13. The number of hydrogen-bond acceptors (Lipinski definition) is 6. The van der Waals surface area contributed by atoms with Crippen molar-refractivity contribution in [3.05, 3.63) is 41.8 Å². The first-order valence-corrected chi connectivity index (χ1v) is 13.7. The van der Waals surface area contributed by atoms with Crippen molar-refractivity contribution < 1.29 is 22.7 Å². The molecule has 1 heterocycles. The summed E-state index contributed by atoms with van der Waals surface area (Å²) in [4.78, 5) is 25.8. The van der Waals surface area contributed by atoms with E-state index in [-0.39, 0.29) is 33.6 Å². The summed E-state index contributed by atoms with van der Waals surface area (Å²) < 4.78 is 33.4. The molecular weight excluding hydrogens is 446 g/mol. The van der Waals surface area contributed by atoms with Gasteiger partial charge in [-0.15, -0.1) is 11.3 Å². The predicted molar refractivity (Wildman–Crippen MR) is 124 cm³/mol. The average Bonchev–Trinajstić information content (AvgIpc) is 3.37. The van der Waals surface area contributed by atoms with Gasteiger partial charge in [0.2, 0.25) is 5.91 Å². The van der Waals surface area contributed by atoms with Crippen molar-refractivity contribution in [1.29, 1.82) is 0 Å². The molecule has 2 fully saturated rings. The van der Waals surface area contributed by atoms with E-state index in [0.29, 0.717) is 18.6 Å². The van der Waals surface area contributed by atoms with E-state index < -0.39 is 10.0 Å². The SMILES string of the molecule is O=C(Oc1ccc(N(C(=O)C2CCCCC2)S(=O)(=O)c2cccs2)cc1)C1CCCCC1. The van der Waals surface area contributed by atoms with Gasteiger partial charge in [0, 0.05) is 5.92 Å². The van der Waals surface area contributed by atoms with E-state index in [2.05, 4.69) is 0 Å². The molecule has 1 aromatic carbocycles. The average molecular weight is 476 g/mol. The molecule has 8 heteroatoms. The minimum atomic E-state index is -4.02. The Kier molecular flexibility index (Phi) is 7.30. The Balaban J connectivity index is 1.58. The lowest BCUT2D eigenvalue weighted by Crippen LogP contribution is -2.41. The third-order valence-electron chi connectivity index (χ3n) is 6.37. The van der Waals surface area contributed by atoms with Gasteiger partial charge >= 0.3 is 5.97 Å². The Morgan fingerprint density at radius 2 is 1.44 bits per heavy atom. The number of rotatable bonds is 6. The minimum absolute atomic E-state index is 0.0768. The Hall–Kier alpha value is -2.19. The first kappa shape index (κ1) is 23.0. The van der Waals surface area contributed by atoms with E-state index >= 15 is 0 Å². The molecule has 0 N–H and O–H groups in total. The molecule has 2 aromatic rings. The van der Waals surface area contributed by atoms with Crippen LogP contribution in [0.1, 0.15) is 64.2 Å². The van der Waals surface area contributed by atoms with Crippen LogP contribution in [0.4, 0.5) is 5.69 Å². The number of hydrogen-bond donors (Lipinski definition) is 0. The largest absolute Gasteiger partial charge is 0.426 e. The molecule has 0 unspecified atom stereocenters. The molecular formula is C24H29NO5S2. The number of sulfonamides is 1. The van der Waals surface area contributed by atoms with E-state index in [4.69, 9.17) is 4.74 Å². The molecule has 1 amide bonds. The number of thiophene rings is 1. The number of ether oxygens (including phenoxy) is 1. The van der Waals surface area contributed by atoms with Crippen molar-refractivity contribution >= 4 is 38.9 Å². The zero-order valence-corrected chi connectivity index (χ0v) is 19.7. The van der Waals surface area contributed by atoms with Gasteiger partial charge < -0.3 is 4.74 Å². The second-order valence-corrected chi connectivity index (χ2v) is 11.6. The van der Waals surface area contributed by atoms with Crippen molar-refractivity contribution in [2.24, 2.45) is 11.8 Å². The maximum absolute atomic E-state index is 13.4. The molecule has 32 heavy (non-hydrogen) atoms. The standard InChI is InChI=1S/C24H29NO5S2/c26-23(18-8-3-1-4-9-18)25(32(28,29)22-12-7-17-31-22)20-13-15-21(16-14-20)30-24(27)19-10-5-2-6-11-19/h7,12-19H,1-6,8-11H2. The van der Waals surface area contributed by atoms with Gasteiger partial charge in [-0.3, -0.25) is 9.59 Å². The maximum Gasteiger partial charge on any atom is 0.314 e. The van der Waals surface area contributed by atoms with Gasteiger partial charge in [-0.2, -0.15) is 8.42 Å². The first-order chi connectivity index (χ1) is 15.5. The number of benzene rings is 1. The van der Waals surface area contributed by atoms with Crippen LogP contribution in [0, 0.1) is 11.8 Å². The van der Waals surface area contributed by atoms with Gasteiger partial charge in [0.25, 0.3) is 10.0 Å². The zero-order valence-electron chi connectivity index (χ0n) is 18.1. The minimum Gasteiger partial charge on any atom is -0.426 e. The second-order valence-electron chi connectivity index (χ2n) is 8.62. The van der Waals surface area contributed by atoms with E-state index in [9.17, 15) is 18.0 Å². The summed E-state index contributed by atoms with van der Waals surface area (Å²) >= 11 is 1.09. The van der Waals surface area contributed by atoms with Gasteiger partial charge in [0.05, 0.1) is 11.6 Å². The van der Waals surface area contributed by atoms with Crippen LogP contribution in [0.5, 0.6) is 5.75 Å². The van der Waals surface area contributed by atoms with E-state index in [1.165, 1.54) is 6.07 Å². The van der Waals surface area contributed by atoms with Crippen LogP contribution in [-0.4, -0.2) is 20.3 Å². The fraction of sp³-hybridized carbons (Fsp3) is 0.500. The highest BCUT2D eigenvalue weighted by Gasteiger charge is 2.36. The van der Waals surface area contributed by atoms with Gasteiger partial charge in [0.1, 0.15) is 9.96 Å². The molecule has 172 valence electrons. The normalized spacial score (nSPS) is 18.2. The molecule has 4 rings (SSSR count). The van der Waals surface area contributed by atoms with Crippen molar-refractivity contribution in [2.75, 3.05) is 4.31 Å². The Morgan fingerprint density at radius 3 is 2.00 bits per heavy atom. The smallest absolute Gasteiger partial charge is 0.314 e. The molecule has 2 aliphatic carbocycles. The number of anilines is 1. The molecule has 0 saturated heterocycles. The number of amides is 1. The van der Waals surface area contributed by atoms with Crippen molar-refractivity contribution in [3.63, 3.8) is 0 Å². The van der Waals surface area contributed by atoms with Crippen LogP contribution in [0.2, 0.25) is 0 Å². The monoisotopic (exact) mass is 475 g/mol. The summed E-state index contributed by atoms with van der Waals surface area (Å²) in [7, 11) is -4.02. The number of esters is 1. The molecule has 1 aromatic heterocycles. The first-order valence-electron chi connectivity index (χ1n) is 11.4. The summed E-state index contributed by atoms with van der Waals surface area (Å²) in [5.41, 5.74) is 0.270. The Morgan fingerprint density at radius 1 is 0.844 bits per heavy atom. The highest BCUT2D eigenvalue weighted by atomic mass is 32.2. The maximum atomic E-state index is 13.4. The van der Waals surface area contributed by atoms with Gasteiger partial charge in [-0.25, -0.2) is 4.31 Å². The van der Waals surface area contributed by atoms with Crippen LogP contribution in [-0.2, 0) is 19.6 Å². The highest BCUT2D eigenvalue weighted by Crippen LogP contribution is 2.34. The predicted octanol–water partition coefficient (Wildman–Crippen LogP) is 5.54. The lowest BCUT2D eigenvalue weighted by atomic mass is 9.88. The van der Waals surface area contributed by atoms with Crippen molar-refractivity contribution in [1.82, 2.24) is 0 Å². The molecule has 0 atom stereocenters. The summed E-state index contributed by atoms with van der Waals surface area (Å²) in [6.45, 7) is 0. The molecule has 6 nitrogen and oxygen atoms in total. The van der Waals surface area contributed by atoms with E-state index in [0.717, 1.165) is 67.0 Å². The van der Waals surface area contributed by atoms with Gasteiger partial charge in [0.15, 0.2) is 0 Å². The van der Waals surface area contributed by atoms with E-state index in [1.807, 2.05) is 0 Å². The van der Waals surface area contributed by atoms with Gasteiger partial charge in [-0.05, 0) is 61.4 Å². The summed E-state index contributed by atoms with van der Waals surface area (Å²) in [6, 6.07) is 9.42. The van der Waals surface area contributed by atoms with E-state index in [1.54, 1.807) is 35.7 Å². The van der Waals surface area contributed by atoms with Crippen LogP contribution in [0.3, 0.4) is 0 Å². The van der Waals surface area contributed by atoms with Crippen molar-refractivity contribution in [2.45, 2.75) is 68.4 Å². The second kappa shape index (κ2) is 10.2. The van der Waals surface area contributed by atoms with Crippen molar-refractivity contribution in [3.8, 4) is 5.75 Å². The third kappa shape index (κ3) is 5.07. The lowest BCUT2D eigenvalue weighted by Gasteiger charge is -2.28. The molecule has 2 aliphatic rings. The molecule has 0 bridgehead atoms. The summed E-state index contributed by atoms with van der Waals surface area (Å²) in [6.07, 6.45) is 9.26. The number of nitrogens with zero attached hydrogens (tertiary/aromatic N) is 1. The topological polar surface area (TPSA) is 80.8 Å². The molecule has 0 radical (unpaired) electrons. The molecule has 0 aliphatic heterocycles. The zero-order chi connectivity index (χ0) is 22.6. The lowest BCUT2D eigenvalue weighted by molar-refractivity contribution is -0.140. The number of carbonyl (C=O) groups excluding carboxylic acids is 2. The van der Waals surface area contributed by atoms with Gasteiger partial charge in [-0.1, -0.05) is 44.6 Å². The fourth-order valence-electron chi connectivity index (χ4n) is 4.59. The van der Waals surface area contributed by atoms with Crippen LogP contribution >= 0.6 is 11.3 Å². The quantitative estimate of drug-likeness (QED) is 0.405. The molecule has 0 spiro atoms. The van der Waals surface area contributed by atoms with Crippen LogP contribution in [0.25, 0.3) is 0 Å². The summed E-state index contributed by atoms with van der Waals surface area (Å²) in [5, 5.41) is 1.68. The summed E-state index contributed by atoms with van der Waals surface area (Å²) in [5.74, 6) is -0.638. The van der Waals surface area contributed by atoms with Crippen LogP contribution < -0.4 is 9.04 Å². The Bertz CT molecular complexity index is 1020. The molecule has 2 saturated carbocycles. The van der Waals surface area contributed by atoms with Crippen LogP contribution in [0.15, 0.2) is 46.0 Å². The number of carbonyl (C=O) groups is 2. The Labute approximate surface area is 193 Å². The highest BCUT2D eigenvalue weighted by molar-refractivity contribution is 7.95.